The highest BCUT2D eigenvalue weighted by Crippen LogP contribution is 2.38. The molecule has 0 N–H and O–H groups in total. The molecule has 0 saturated heterocycles. The van der Waals surface area contributed by atoms with E-state index in [1.807, 2.05) is 24.3 Å². The number of para-hydroxylation sites is 1. The fourth-order valence-electron chi connectivity index (χ4n) is 2.13. The maximum atomic E-state index is 12.1. The third kappa shape index (κ3) is 1.90. The van der Waals surface area contributed by atoms with Crippen LogP contribution in [0.15, 0.2) is 24.3 Å². The summed E-state index contributed by atoms with van der Waals surface area (Å²) in [6.45, 7) is 0. The van der Waals surface area contributed by atoms with Crippen molar-refractivity contribution in [1.29, 1.82) is 0 Å². The minimum atomic E-state index is -0.328. The molecule has 1 atom stereocenters. The van der Waals surface area contributed by atoms with Gasteiger partial charge in [-0.05, 0) is 11.6 Å². The van der Waals surface area contributed by atoms with Crippen LogP contribution in [0.3, 0.4) is 0 Å². The van der Waals surface area contributed by atoms with E-state index < -0.39 is 0 Å². The Morgan fingerprint density at radius 3 is 2.65 bits per heavy atom. The molecule has 1 aromatic rings. The van der Waals surface area contributed by atoms with Crippen molar-refractivity contribution < 1.29 is 9.59 Å². The monoisotopic (exact) mass is 232 g/mol. The Morgan fingerprint density at radius 2 is 2.00 bits per heavy atom. The lowest BCUT2D eigenvalue weighted by atomic mass is 9.97. The van der Waals surface area contributed by atoms with Gasteiger partial charge < -0.3 is 9.80 Å². The van der Waals surface area contributed by atoms with Crippen molar-refractivity contribution >= 4 is 17.5 Å². The minimum absolute atomic E-state index is 0.00130. The molecular formula is C13H16N2O2. The summed E-state index contributed by atoms with van der Waals surface area (Å²) < 4.78 is 0. The van der Waals surface area contributed by atoms with Crippen LogP contribution in [0.5, 0.6) is 0 Å². The first-order valence-corrected chi connectivity index (χ1v) is 5.59. The molecule has 1 heterocycles. The van der Waals surface area contributed by atoms with Crippen LogP contribution in [0.25, 0.3) is 0 Å². The quantitative estimate of drug-likeness (QED) is 0.769. The Bertz CT molecular complexity index is 468. The molecule has 0 aliphatic carbocycles. The van der Waals surface area contributed by atoms with Gasteiger partial charge in [-0.25, -0.2) is 0 Å². The lowest BCUT2D eigenvalue weighted by Crippen LogP contribution is -2.29. The second kappa shape index (κ2) is 4.20. The van der Waals surface area contributed by atoms with Crippen LogP contribution in [-0.4, -0.2) is 37.9 Å². The number of amides is 2. The van der Waals surface area contributed by atoms with Crippen molar-refractivity contribution in [2.45, 2.75) is 12.3 Å². The third-order valence-electron chi connectivity index (χ3n) is 3.18. The fourth-order valence-corrected chi connectivity index (χ4v) is 2.13. The molecule has 0 bridgehead atoms. The lowest BCUT2D eigenvalue weighted by molar-refractivity contribution is -0.131. The second-order valence-corrected chi connectivity index (χ2v) is 4.50. The van der Waals surface area contributed by atoms with Crippen LogP contribution in [0.2, 0.25) is 0 Å². The minimum Gasteiger partial charge on any atom is -0.349 e. The summed E-state index contributed by atoms with van der Waals surface area (Å²) in [4.78, 5) is 26.9. The van der Waals surface area contributed by atoms with Gasteiger partial charge in [-0.3, -0.25) is 9.59 Å². The molecule has 4 heteroatoms. The zero-order chi connectivity index (χ0) is 12.6. The van der Waals surface area contributed by atoms with Crippen LogP contribution in [0, 0.1) is 0 Å². The van der Waals surface area contributed by atoms with E-state index >= 15 is 0 Å². The first-order chi connectivity index (χ1) is 8.02. The Hall–Kier alpha value is -1.84. The zero-order valence-corrected chi connectivity index (χ0v) is 10.3. The van der Waals surface area contributed by atoms with Gasteiger partial charge in [0, 0.05) is 33.3 Å². The average Bonchev–Trinajstić information content (AvgIpc) is 2.55. The van der Waals surface area contributed by atoms with Crippen LogP contribution in [0.1, 0.15) is 17.9 Å². The summed E-state index contributed by atoms with van der Waals surface area (Å²) in [5, 5.41) is 0. The molecule has 0 radical (unpaired) electrons. The van der Waals surface area contributed by atoms with Crippen molar-refractivity contribution in [3.63, 3.8) is 0 Å². The van der Waals surface area contributed by atoms with E-state index in [9.17, 15) is 9.59 Å². The van der Waals surface area contributed by atoms with Gasteiger partial charge in [-0.1, -0.05) is 18.2 Å². The van der Waals surface area contributed by atoms with Gasteiger partial charge in [0.05, 0.1) is 5.92 Å². The number of carbonyl (C=O) groups excluding carboxylic acids is 2. The number of benzene rings is 1. The van der Waals surface area contributed by atoms with Crippen LogP contribution in [-0.2, 0) is 9.59 Å². The highest BCUT2D eigenvalue weighted by Gasteiger charge is 2.36. The molecule has 1 aliphatic rings. The van der Waals surface area contributed by atoms with Crippen molar-refractivity contribution in [2.24, 2.45) is 0 Å². The molecule has 1 aromatic carbocycles. The van der Waals surface area contributed by atoms with E-state index in [0.29, 0.717) is 0 Å². The smallest absolute Gasteiger partial charge is 0.234 e. The Balaban J connectivity index is 2.30. The highest BCUT2D eigenvalue weighted by atomic mass is 16.2. The third-order valence-corrected chi connectivity index (χ3v) is 3.18. The number of likely N-dealkylation sites (N-methyl/N-ethyl adjacent to an activating group) is 1. The van der Waals surface area contributed by atoms with Gasteiger partial charge in [-0.2, -0.15) is 0 Å². The summed E-state index contributed by atoms with van der Waals surface area (Å²) in [5.41, 5.74) is 1.87. The average molecular weight is 232 g/mol. The molecule has 4 nitrogen and oxygen atoms in total. The lowest BCUT2D eigenvalue weighted by Gasteiger charge is -2.14. The molecule has 2 rings (SSSR count). The van der Waals surface area contributed by atoms with Crippen molar-refractivity contribution in [3.8, 4) is 0 Å². The Morgan fingerprint density at radius 1 is 1.35 bits per heavy atom. The van der Waals surface area contributed by atoms with E-state index in [4.69, 9.17) is 0 Å². The first-order valence-electron chi connectivity index (χ1n) is 5.59. The highest BCUT2D eigenvalue weighted by molar-refractivity contribution is 6.06. The summed E-state index contributed by atoms with van der Waals surface area (Å²) in [5.74, 6) is -0.346. The van der Waals surface area contributed by atoms with Gasteiger partial charge >= 0.3 is 0 Å². The van der Waals surface area contributed by atoms with E-state index in [1.54, 1.807) is 26.0 Å². The number of hydrogen-bond donors (Lipinski definition) is 0. The molecule has 0 fully saturated rings. The van der Waals surface area contributed by atoms with Gasteiger partial charge in [0.25, 0.3) is 0 Å². The van der Waals surface area contributed by atoms with Gasteiger partial charge in [0.1, 0.15) is 0 Å². The first kappa shape index (κ1) is 11.6. The van der Waals surface area contributed by atoms with Crippen LogP contribution < -0.4 is 4.90 Å². The molecule has 0 saturated carbocycles. The topological polar surface area (TPSA) is 40.6 Å². The van der Waals surface area contributed by atoms with Gasteiger partial charge in [0.15, 0.2) is 0 Å². The zero-order valence-electron chi connectivity index (χ0n) is 10.3. The van der Waals surface area contributed by atoms with Crippen molar-refractivity contribution in [3.05, 3.63) is 29.8 Å². The number of fused-ring (bicyclic) bond motifs is 1. The van der Waals surface area contributed by atoms with Crippen LogP contribution in [0.4, 0.5) is 5.69 Å². The van der Waals surface area contributed by atoms with Crippen LogP contribution >= 0.6 is 0 Å². The predicted molar refractivity (Wildman–Crippen MR) is 65.9 cm³/mol. The molecule has 2 amide bonds. The molecule has 90 valence electrons. The Kier molecular flexibility index (Phi) is 2.88. The largest absolute Gasteiger partial charge is 0.349 e. The van der Waals surface area contributed by atoms with E-state index in [0.717, 1.165) is 11.3 Å². The standard InChI is InChI=1S/C13H16N2O2/c1-14(2)12(16)8-10-9-6-4-5-7-11(9)15(3)13(10)17/h4-7,10H,8H2,1-3H3. The summed E-state index contributed by atoms with van der Waals surface area (Å²) >= 11 is 0. The number of nitrogens with zero attached hydrogens (tertiary/aromatic N) is 2. The summed E-state index contributed by atoms with van der Waals surface area (Å²) in [6.07, 6.45) is 0.243. The van der Waals surface area contributed by atoms with E-state index in [-0.39, 0.29) is 24.2 Å². The fraction of sp³-hybridized carbons (Fsp3) is 0.385. The number of carbonyl (C=O) groups is 2. The SMILES string of the molecule is CN(C)C(=O)CC1C(=O)N(C)c2ccccc21. The van der Waals surface area contributed by atoms with Gasteiger partial charge in [-0.15, -0.1) is 0 Å². The number of hydrogen-bond acceptors (Lipinski definition) is 2. The maximum absolute atomic E-state index is 12.1. The predicted octanol–water partition coefficient (Wildman–Crippen LogP) is 1.22. The Labute approximate surface area is 101 Å². The summed E-state index contributed by atoms with van der Waals surface area (Å²) in [6, 6.07) is 7.63. The molecule has 1 unspecified atom stereocenters. The molecule has 0 aromatic heterocycles. The number of anilines is 1. The van der Waals surface area contributed by atoms with E-state index in [1.165, 1.54) is 4.90 Å². The van der Waals surface area contributed by atoms with E-state index in [2.05, 4.69) is 0 Å². The molecular weight excluding hydrogens is 216 g/mol. The van der Waals surface area contributed by atoms with Crippen molar-refractivity contribution in [2.75, 3.05) is 26.0 Å². The maximum Gasteiger partial charge on any atom is 0.234 e. The van der Waals surface area contributed by atoms with Crippen molar-refractivity contribution in [1.82, 2.24) is 4.90 Å². The molecule has 17 heavy (non-hydrogen) atoms. The molecule has 1 aliphatic heterocycles. The second-order valence-electron chi connectivity index (χ2n) is 4.50. The summed E-state index contributed by atoms with van der Waals surface area (Å²) in [7, 11) is 5.16. The molecule has 0 spiro atoms. The number of rotatable bonds is 2. The normalized spacial score (nSPS) is 18.2. The van der Waals surface area contributed by atoms with Gasteiger partial charge in [0.2, 0.25) is 11.8 Å².